The predicted octanol–water partition coefficient (Wildman–Crippen LogP) is 2.64. The molecule has 2 aliphatic carbocycles. The molecular formula is C23H26N2O5. The molecule has 2 fully saturated rings. The van der Waals surface area contributed by atoms with Crippen molar-refractivity contribution in [1.82, 2.24) is 4.90 Å². The molecule has 0 radical (unpaired) electrons. The molecule has 1 saturated carbocycles. The van der Waals surface area contributed by atoms with Gasteiger partial charge in [-0.05, 0) is 48.4 Å². The molecule has 1 heterocycles. The summed E-state index contributed by atoms with van der Waals surface area (Å²) in [6, 6.07) is 6.44. The van der Waals surface area contributed by atoms with Crippen LogP contribution in [0.4, 0.5) is 5.69 Å². The van der Waals surface area contributed by atoms with E-state index in [9.17, 15) is 19.2 Å². The van der Waals surface area contributed by atoms with Gasteiger partial charge in [0.15, 0.2) is 0 Å². The lowest BCUT2D eigenvalue weighted by Gasteiger charge is -2.17. The Bertz CT molecular complexity index is 875. The highest BCUT2D eigenvalue weighted by atomic mass is 16.5. The first-order valence-corrected chi connectivity index (χ1v) is 10.5. The van der Waals surface area contributed by atoms with E-state index in [1.807, 2.05) is 13.8 Å². The summed E-state index contributed by atoms with van der Waals surface area (Å²) >= 11 is 0. The molecule has 1 aromatic rings. The molecule has 0 spiro atoms. The van der Waals surface area contributed by atoms with Crippen molar-refractivity contribution in [2.24, 2.45) is 29.6 Å². The summed E-state index contributed by atoms with van der Waals surface area (Å²) in [7, 11) is 0. The number of likely N-dealkylation sites (tertiary alicyclic amines) is 1. The Balaban J connectivity index is 1.28. The number of hydrogen-bond acceptors (Lipinski definition) is 5. The highest BCUT2D eigenvalue weighted by Crippen LogP contribution is 2.52. The third kappa shape index (κ3) is 3.76. The second-order valence-electron chi connectivity index (χ2n) is 8.70. The normalized spacial score (nSPS) is 26.4. The molecule has 0 unspecified atom stereocenters. The number of allylic oxidation sites excluding steroid dienone is 2. The topological polar surface area (TPSA) is 92.8 Å². The van der Waals surface area contributed by atoms with Crippen LogP contribution >= 0.6 is 0 Å². The fourth-order valence-electron chi connectivity index (χ4n) is 4.64. The zero-order valence-electron chi connectivity index (χ0n) is 17.2. The molecule has 1 aromatic carbocycles. The number of hydrogen-bond donors (Lipinski definition) is 1. The number of esters is 1. The number of carbonyl (C=O) groups is 4. The van der Waals surface area contributed by atoms with E-state index in [0.29, 0.717) is 17.9 Å². The monoisotopic (exact) mass is 410 g/mol. The number of nitrogens with one attached hydrogen (secondary N) is 1. The fraction of sp³-hybridized carbons (Fsp3) is 0.478. The van der Waals surface area contributed by atoms with Gasteiger partial charge >= 0.3 is 5.97 Å². The average molecular weight is 410 g/mol. The minimum Gasteiger partial charge on any atom is -0.462 e. The molecule has 3 aliphatic rings. The van der Waals surface area contributed by atoms with Crippen LogP contribution in [0.15, 0.2) is 36.4 Å². The van der Waals surface area contributed by atoms with E-state index in [1.54, 1.807) is 24.3 Å². The maximum absolute atomic E-state index is 12.7. The zero-order valence-corrected chi connectivity index (χ0v) is 17.2. The van der Waals surface area contributed by atoms with Gasteiger partial charge < -0.3 is 10.1 Å². The highest BCUT2D eigenvalue weighted by Gasteiger charge is 2.59. The standard InChI is InChI=1S/C23H26N2O5/c1-13(2)12-30-23(29)14-5-7-17(8-6-14)24-18(26)9-10-25-21(27)19-15-3-4-16(11-15)20(19)22(25)28/h3-8,13,15-16,19-20H,9-12H2,1-2H3,(H,24,26)/t15-,16-,19-,20-/m0/s1. The molecule has 1 saturated heterocycles. The number of anilines is 1. The molecule has 1 N–H and O–H groups in total. The molecule has 4 rings (SSSR count). The van der Waals surface area contributed by atoms with Gasteiger partial charge in [-0.2, -0.15) is 0 Å². The maximum Gasteiger partial charge on any atom is 0.338 e. The van der Waals surface area contributed by atoms with E-state index >= 15 is 0 Å². The van der Waals surface area contributed by atoms with E-state index in [4.69, 9.17) is 4.74 Å². The van der Waals surface area contributed by atoms with Gasteiger partial charge in [0, 0.05) is 18.7 Å². The van der Waals surface area contributed by atoms with Crippen LogP contribution < -0.4 is 5.32 Å². The molecule has 158 valence electrons. The first kappa shape index (κ1) is 20.3. The molecule has 7 heteroatoms. The molecular weight excluding hydrogens is 384 g/mol. The fourth-order valence-corrected chi connectivity index (χ4v) is 4.64. The Hall–Kier alpha value is -2.96. The van der Waals surface area contributed by atoms with Crippen molar-refractivity contribution in [2.45, 2.75) is 26.7 Å². The van der Waals surface area contributed by atoms with Crippen LogP contribution in [-0.2, 0) is 19.1 Å². The number of ether oxygens (including phenoxy) is 1. The summed E-state index contributed by atoms with van der Waals surface area (Å²) in [6.07, 6.45) is 5.03. The number of carbonyl (C=O) groups excluding carboxylic acids is 4. The van der Waals surface area contributed by atoms with E-state index in [-0.39, 0.29) is 60.3 Å². The van der Waals surface area contributed by atoms with Gasteiger partial charge in [-0.1, -0.05) is 26.0 Å². The van der Waals surface area contributed by atoms with Gasteiger partial charge in [-0.25, -0.2) is 4.79 Å². The van der Waals surface area contributed by atoms with Crippen LogP contribution in [0.2, 0.25) is 0 Å². The van der Waals surface area contributed by atoms with Crippen LogP contribution in [0, 0.1) is 29.6 Å². The summed E-state index contributed by atoms with van der Waals surface area (Å²) in [5.74, 6) is -0.851. The van der Waals surface area contributed by atoms with Crippen LogP contribution in [0.25, 0.3) is 0 Å². The van der Waals surface area contributed by atoms with Crippen LogP contribution in [-0.4, -0.2) is 41.7 Å². The molecule has 2 bridgehead atoms. The van der Waals surface area contributed by atoms with Crippen molar-refractivity contribution in [3.8, 4) is 0 Å². The number of amides is 3. The Labute approximate surface area is 175 Å². The molecule has 30 heavy (non-hydrogen) atoms. The third-order valence-corrected chi connectivity index (χ3v) is 6.08. The minimum absolute atomic E-state index is 0.0395. The number of fused-ring (bicyclic) bond motifs is 5. The Morgan fingerprint density at radius 1 is 1.07 bits per heavy atom. The second kappa shape index (κ2) is 8.05. The zero-order chi connectivity index (χ0) is 21.4. The van der Waals surface area contributed by atoms with Crippen molar-refractivity contribution >= 4 is 29.4 Å². The lowest BCUT2D eigenvalue weighted by atomic mass is 9.85. The molecule has 4 atom stereocenters. The number of nitrogens with zero attached hydrogens (tertiary/aromatic N) is 1. The Kier molecular flexibility index (Phi) is 5.45. The number of rotatable bonds is 7. The first-order chi connectivity index (χ1) is 14.3. The summed E-state index contributed by atoms with van der Waals surface area (Å²) in [4.78, 5) is 50.8. The summed E-state index contributed by atoms with van der Waals surface area (Å²) in [6.45, 7) is 4.37. The van der Waals surface area contributed by atoms with Crippen LogP contribution in [0.3, 0.4) is 0 Å². The SMILES string of the molecule is CC(C)COC(=O)c1ccc(NC(=O)CCN2C(=O)[C@@H]3[C@@H](C2=O)[C@H]2C=C[C@H]3C2)cc1. The Morgan fingerprint density at radius 3 is 2.23 bits per heavy atom. The quantitative estimate of drug-likeness (QED) is 0.424. The van der Waals surface area contributed by atoms with Gasteiger partial charge in [0.05, 0.1) is 24.0 Å². The van der Waals surface area contributed by atoms with Gasteiger partial charge in [0.2, 0.25) is 17.7 Å². The van der Waals surface area contributed by atoms with Crippen molar-refractivity contribution in [2.75, 3.05) is 18.5 Å². The summed E-state index contributed by atoms with van der Waals surface area (Å²) in [5.41, 5.74) is 0.954. The maximum atomic E-state index is 12.7. The average Bonchev–Trinajstić information content (AvgIpc) is 3.39. The molecule has 3 amide bonds. The van der Waals surface area contributed by atoms with Crippen LogP contribution in [0.5, 0.6) is 0 Å². The first-order valence-electron chi connectivity index (χ1n) is 10.5. The minimum atomic E-state index is -0.401. The second-order valence-corrected chi connectivity index (χ2v) is 8.70. The lowest BCUT2D eigenvalue weighted by Crippen LogP contribution is -2.35. The van der Waals surface area contributed by atoms with Crippen molar-refractivity contribution in [1.29, 1.82) is 0 Å². The van der Waals surface area contributed by atoms with E-state index < -0.39 is 5.97 Å². The molecule has 0 aromatic heterocycles. The van der Waals surface area contributed by atoms with Crippen molar-refractivity contribution in [3.05, 3.63) is 42.0 Å². The van der Waals surface area contributed by atoms with E-state index in [2.05, 4.69) is 17.5 Å². The predicted molar refractivity (Wildman–Crippen MR) is 109 cm³/mol. The largest absolute Gasteiger partial charge is 0.462 e. The molecule has 1 aliphatic heterocycles. The van der Waals surface area contributed by atoms with E-state index in [0.717, 1.165) is 6.42 Å². The smallest absolute Gasteiger partial charge is 0.338 e. The van der Waals surface area contributed by atoms with Crippen LogP contribution in [0.1, 0.15) is 37.0 Å². The third-order valence-electron chi connectivity index (χ3n) is 6.08. The summed E-state index contributed by atoms with van der Waals surface area (Å²) in [5, 5.41) is 2.74. The highest BCUT2D eigenvalue weighted by molar-refractivity contribution is 6.06. The van der Waals surface area contributed by atoms with Gasteiger partial charge in [-0.15, -0.1) is 0 Å². The lowest BCUT2D eigenvalue weighted by molar-refractivity contribution is -0.140. The number of benzene rings is 1. The summed E-state index contributed by atoms with van der Waals surface area (Å²) < 4.78 is 5.18. The number of imide groups is 1. The Morgan fingerprint density at radius 2 is 1.67 bits per heavy atom. The van der Waals surface area contributed by atoms with Crippen molar-refractivity contribution in [3.63, 3.8) is 0 Å². The van der Waals surface area contributed by atoms with E-state index in [1.165, 1.54) is 4.90 Å². The van der Waals surface area contributed by atoms with Crippen molar-refractivity contribution < 1.29 is 23.9 Å². The van der Waals surface area contributed by atoms with Gasteiger partial charge in [0.1, 0.15) is 0 Å². The van der Waals surface area contributed by atoms with Gasteiger partial charge in [0.25, 0.3) is 0 Å². The molecule has 7 nitrogen and oxygen atoms in total. The van der Waals surface area contributed by atoms with Gasteiger partial charge in [-0.3, -0.25) is 19.3 Å².